The molecule has 7 heteroatoms. The first kappa shape index (κ1) is 54.2. The van der Waals surface area contributed by atoms with Crippen molar-refractivity contribution in [2.75, 3.05) is 26.2 Å². The van der Waals surface area contributed by atoms with E-state index in [1.54, 1.807) is 0 Å². The van der Waals surface area contributed by atoms with E-state index in [0.29, 0.717) is 8.64 Å². The predicted octanol–water partition coefficient (Wildman–Crippen LogP) is 14.8. The molecule has 0 aliphatic rings. The van der Waals surface area contributed by atoms with Crippen molar-refractivity contribution in [3.63, 3.8) is 0 Å². The van der Waals surface area contributed by atoms with Gasteiger partial charge in [-0.1, -0.05) is 216 Å². The van der Waals surface area contributed by atoms with E-state index in [-0.39, 0.29) is 19.5 Å². The summed E-state index contributed by atoms with van der Waals surface area (Å²) in [5.74, 6) is 0. The van der Waals surface area contributed by atoms with Crippen molar-refractivity contribution in [3.05, 3.63) is 0 Å². The maximum atomic E-state index is 5.25. The first-order valence-electron chi connectivity index (χ1n) is 21.4. The number of hydrogen-bond acceptors (Lipinski definition) is 4. The molecule has 0 N–H and O–H groups in total. The zero-order chi connectivity index (χ0) is 35.8. The molecule has 0 aliphatic heterocycles. The van der Waals surface area contributed by atoms with Gasteiger partial charge in [0.05, 0.1) is 0 Å². The largest absolute Gasteiger partial charge is 2.00 e. The van der Waals surface area contributed by atoms with Crippen LogP contribution in [0.3, 0.4) is 0 Å². The molecule has 0 aliphatic carbocycles. The van der Waals surface area contributed by atoms with Crippen molar-refractivity contribution in [2.24, 2.45) is 0 Å². The topological polar surface area (TPSA) is 6.48 Å². The van der Waals surface area contributed by atoms with Crippen molar-refractivity contribution >= 4 is 58.3 Å². The van der Waals surface area contributed by atoms with Crippen LogP contribution in [0, 0.1) is 0 Å². The standard InChI is InChI=1S/2C21H43NS2.Zn/c2*1-3-5-7-9-11-13-15-17-19-22(21(23)24)20-18-16-14-12-10-8-6-4-2;/h2*3-20H2,1-2H3,(H,23,24);/q;;+2/p-2. The minimum Gasteiger partial charge on any atom is -0.411 e. The molecule has 0 radical (unpaired) electrons. The minimum absolute atomic E-state index is 0. The fourth-order valence-corrected chi connectivity index (χ4v) is 7.07. The maximum Gasteiger partial charge on any atom is 2.00 e. The molecule has 288 valence electrons. The molecular weight excluding hydrogens is 726 g/mol. The van der Waals surface area contributed by atoms with Gasteiger partial charge in [-0.25, -0.2) is 0 Å². The first-order valence-corrected chi connectivity index (χ1v) is 23.0. The van der Waals surface area contributed by atoms with Gasteiger partial charge in [-0.05, 0) is 25.7 Å². The van der Waals surface area contributed by atoms with E-state index in [1.807, 2.05) is 0 Å². The number of thiocarbonyl (C=S) groups is 2. The molecule has 2 nitrogen and oxygen atoms in total. The number of nitrogens with zero attached hydrogens (tertiary/aromatic N) is 2. The number of rotatable bonds is 36. The van der Waals surface area contributed by atoms with Gasteiger partial charge in [0.25, 0.3) is 0 Å². The van der Waals surface area contributed by atoms with Crippen molar-refractivity contribution in [1.29, 1.82) is 0 Å². The van der Waals surface area contributed by atoms with Crippen LogP contribution in [0.15, 0.2) is 0 Å². The van der Waals surface area contributed by atoms with E-state index in [2.05, 4.69) is 37.5 Å². The third-order valence-corrected chi connectivity index (χ3v) is 10.7. The van der Waals surface area contributed by atoms with E-state index < -0.39 is 0 Å². The van der Waals surface area contributed by atoms with Crippen molar-refractivity contribution < 1.29 is 19.5 Å². The molecule has 0 saturated heterocycles. The molecule has 49 heavy (non-hydrogen) atoms. The van der Waals surface area contributed by atoms with E-state index in [4.69, 9.17) is 49.7 Å². The van der Waals surface area contributed by atoms with Gasteiger partial charge in [-0.3, -0.25) is 0 Å². The minimum atomic E-state index is 0. The summed E-state index contributed by atoms with van der Waals surface area (Å²) in [5.41, 5.74) is 0. The molecule has 0 spiro atoms. The van der Waals surface area contributed by atoms with Crippen molar-refractivity contribution in [3.8, 4) is 0 Å². The molecule has 0 rings (SSSR count). The Hall–Kier alpha value is 0.843. The number of hydrogen-bond donors (Lipinski definition) is 0. The van der Waals surface area contributed by atoms with Crippen LogP contribution in [0.25, 0.3) is 0 Å². The first-order chi connectivity index (χ1) is 23.4. The average Bonchev–Trinajstić information content (AvgIpc) is 3.07. The molecule has 0 aromatic rings. The van der Waals surface area contributed by atoms with Gasteiger partial charge in [0, 0.05) is 26.2 Å². The fourth-order valence-electron chi connectivity index (χ4n) is 6.33. The quantitative estimate of drug-likeness (QED) is 0.0267. The van der Waals surface area contributed by atoms with Gasteiger partial charge in [-0.15, -0.1) is 0 Å². The van der Waals surface area contributed by atoms with Gasteiger partial charge < -0.3 is 59.5 Å². The van der Waals surface area contributed by atoms with E-state index in [1.165, 1.54) is 205 Å². The van der Waals surface area contributed by atoms with Crippen LogP contribution < -0.4 is 0 Å². The van der Waals surface area contributed by atoms with Crippen molar-refractivity contribution in [2.45, 2.75) is 233 Å². The van der Waals surface area contributed by atoms with Crippen LogP contribution in [0.5, 0.6) is 0 Å². The Morgan fingerprint density at radius 2 is 0.449 bits per heavy atom. The smallest absolute Gasteiger partial charge is 0.411 e. The second-order valence-electron chi connectivity index (χ2n) is 14.4. The summed E-state index contributed by atoms with van der Waals surface area (Å²) < 4.78 is 1.36. The molecule has 0 aromatic heterocycles. The average molecular weight is 811 g/mol. The zero-order valence-electron chi connectivity index (χ0n) is 33.7. The molecule has 0 saturated carbocycles. The summed E-state index contributed by atoms with van der Waals surface area (Å²) in [7, 11) is 0. The predicted molar refractivity (Wildman–Crippen MR) is 234 cm³/mol. The van der Waals surface area contributed by atoms with E-state index in [0.717, 1.165) is 26.2 Å². The molecule has 0 atom stereocenters. The molecule has 0 aromatic carbocycles. The van der Waals surface area contributed by atoms with Gasteiger partial charge >= 0.3 is 19.5 Å². The summed E-state index contributed by atoms with van der Waals surface area (Å²) in [6, 6.07) is 0. The van der Waals surface area contributed by atoms with Crippen LogP contribution in [0.1, 0.15) is 233 Å². The monoisotopic (exact) mass is 808 g/mol. The Morgan fingerprint density at radius 3 is 0.592 bits per heavy atom. The Bertz CT molecular complexity index is 558. The summed E-state index contributed by atoms with van der Waals surface area (Å²) in [6.07, 6.45) is 43.7. The Labute approximate surface area is 344 Å². The van der Waals surface area contributed by atoms with Crippen molar-refractivity contribution in [1.82, 2.24) is 9.80 Å². The van der Waals surface area contributed by atoms with Crippen LogP contribution in [0.4, 0.5) is 0 Å². The van der Waals surface area contributed by atoms with Crippen LogP contribution >= 0.6 is 24.4 Å². The zero-order valence-corrected chi connectivity index (χ0v) is 39.9. The van der Waals surface area contributed by atoms with E-state index in [9.17, 15) is 0 Å². The maximum absolute atomic E-state index is 5.25. The van der Waals surface area contributed by atoms with Gasteiger partial charge in [0.15, 0.2) is 0 Å². The molecule has 0 heterocycles. The third kappa shape index (κ3) is 44.9. The van der Waals surface area contributed by atoms with Gasteiger partial charge in [0.1, 0.15) is 0 Å². The van der Waals surface area contributed by atoms with E-state index >= 15 is 0 Å². The Balaban J connectivity index is -0.000000846. The Morgan fingerprint density at radius 1 is 0.306 bits per heavy atom. The summed E-state index contributed by atoms with van der Waals surface area (Å²) in [4.78, 5) is 4.53. The summed E-state index contributed by atoms with van der Waals surface area (Å²) in [5, 5.41) is 0. The summed E-state index contributed by atoms with van der Waals surface area (Å²) >= 11 is 21.0. The second kappa shape index (κ2) is 46.9. The van der Waals surface area contributed by atoms with Gasteiger partial charge in [0.2, 0.25) is 0 Å². The third-order valence-electron chi connectivity index (χ3n) is 9.64. The van der Waals surface area contributed by atoms with Crippen LogP contribution in [-0.2, 0) is 44.7 Å². The molecular formula is C42H84N2S4Zn. The fraction of sp³-hybridized carbons (Fsp3) is 0.952. The molecule has 0 bridgehead atoms. The summed E-state index contributed by atoms with van der Waals surface area (Å²) in [6.45, 7) is 13.4. The molecule has 0 amide bonds. The number of unbranched alkanes of at least 4 members (excludes halogenated alkanes) is 28. The molecule has 0 unspecified atom stereocenters. The van der Waals surface area contributed by atoms with Crippen LogP contribution in [0.2, 0.25) is 0 Å². The Kier molecular flexibility index (Phi) is 51.8. The normalized spacial score (nSPS) is 10.7. The second-order valence-corrected chi connectivity index (χ2v) is 16.5. The molecule has 0 fully saturated rings. The van der Waals surface area contributed by atoms with Crippen LogP contribution in [-0.4, -0.2) is 44.6 Å². The SMILES string of the molecule is CCCCCCCCCCN(CCCCCCCCCC)C(=S)[S-].CCCCCCCCCCN(CCCCCCCCCC)C(=S)[S-].[Zn+2]. The van der Waals surface area contributed by atoms with Gasteiger partial charge in [-0.2, -0.15) is 0 Å².